The normalized spacial score (nSPS) is 22.8. The van der Waals surface area contributed by atoms with E-state index in [1.807, 2.05) is 13.8 Å². The van der Waals surface area contributed by atoms with Crippen molar-refractivity contribution in [1.29, 1.82) is 0 Å². The quantitative estimate of drug-likeness (QED) is 0.636. The molecule has 1 rings (SSSR count). The maximum Gasteiger partial charge on any atom is 0.207 e. The number of hydrogen-bond donors (Lipinski definition) is 1. The average molecular weight is 172 g/mol. The minimum atomic E-state index is 0.676. The van der Waals surface area contributed by atoms with Gasteiger partial charge in [0, 0.05) is 13.1 Å². The van der Waals surface area contributed by atoms with E-state index in [1.54, 1.807) is 0 Å². The van der Waals surface area contributed by atoms with E-state index in [2.05, 4.69) is 17.3 Å². The van der Waals surface area contributed by atoms with Crippen molar-refractivity contribution in [3.8, 4) is 0 Å². The van der Waals surface area contributed by atoms with Crippen LogP contribution in [0.1, 0.15) is 20.3 Å². The molecule has 0 aromatic rings. The van der Waals surface area contributed by atoms with Crippen LogP contribution in [-0.2, 0) is 4.79 Å². The summed E-state index contributed by atoms with van der Waals surface area (Å²) in [6.45, 7) is 7.14. The van der Waals surface area contributed by atoms with Gasteiger partial charge >= 0.3 is 0 Å². The van der Waals surface area contributed by atoms with Crippen LogP contribution in [0, 0.1) is 5.92 Å². The lowest BCUT2D eigenvalue weighted by atomic mass is 10.1. The maximum atomic E-state index is 9.92. The van der Waals surface area contributed by atoms with E-state index in [1.165, 1.54) is 13.0 Å². The second-order valence-corrected chi connectivity index (χ2v) is 2.94. The van der Waals surface area contributed by atoms with E-state index in [9.17, 15) is 4.79 Å². The molecule has 1 fully saturated rings. The summed E-state index contributed by atoms with van der Waals surface area (Å²) in [5, 5.41) is 2.70. The molecule has 0 radical (unpaired) electrons. The number of likely N-dealkylation sites (tertiary alicyclic amines) is 1. The molecule has 0 bridgehead atoms. The van der Waals surface area contributed by atoms with Crippen LogP contribution in [0.25, 0.3) is 0 Å². The van der Waals surface area contributed by atoms with Crippen molar-refractivity contribution in [3.05, 3.63) is 0 Å². The lowest BCUT2D eigenvalue weighted by Gasteiger charge is -2.08. The zero-order chi connectivity index (χ0) is 9.40. The first-order chi connectivity index (χ1) is 5.83. The lowest BCUT2D eigenvalue weighted by Crippen LogP contribution is -2.23. The largest absolute Gasteiger partial charge is 0.358 e. The Morgan fingerprint density at radius 2 is 2.25 bits per heavy atom. The van der Waals surface area contributed by atoms with E-state index in [0.29, 0.717) is 5.92 Å². The molecule has 0 saturated carbocycles. The second-order valence-electron chi connectivity index (χ2n) is 2.94. The maximum absolute atomic E-state index is 9.92. The molecule has 3 nitrogen and oxygen atoms in total. The van der Waals surface area contributed by atoms with Crippen LogP contribution in [0.15, 0.2) is 0 Å². The highest BCUT2D eigenvalue weighted by atomic mass is 16.1. The molecule has 0 spiro atoms. The molecule has 1 amide bonds. The Kier molecular flexibility index (Phi) is 6.76. The summed E-state index contributed by atoms with van der Waals surface area (Å²) in [5.41, 5.74) is 0. The fourth-order valence-corrected chi connectivity index (χ4v) is 1.41. The van der Waals surface area contributed by atoms with Gasteiger partial charge in [0.1, 0.15) is 0 Å². The molecule has 0 aromatic heterocycles. The fourth-order valence-electron chi connectivity index (χ4n) is 1.41. The first-order valence-corrected chi connectivity index (χ1v) is 4.68. The first-order valence-electron chi connectivity index (χ1n) is 4.68. The zero-order valence-corrected chi connectivity index (χ0v) is 8.34. The van der Waals surface area contributed by atoms with Crippen molar-refractivity contribution in [2.45, 2.75) is 20.3 Å². The molecule has 1 unspecified atom stereocenters. The monoisotopic (exact) mass is 172 g/mol. The van der Waals surface area contributed by atoms with Crippen molar-refractivity contribution in [3.63, 3.8) is 0 Å². The van der Waals surface area contributed by atoms with Crippen molar-refractivity contribution in [2.75, 3.05) is 26.7 Å². The molecule has 1 aliphatic rings. The molecular weight excluding hydrogens is 152 g/mol. The highest BCUT2D eigenvalue weighted by Crippen LogP contribution is 2.12. The van der Waals surface area contributed by atoms with Gasteiger partial charge < -0.3 is 10.2 Å². The predicted octanol–water partition coefficient (Wildman–Crippen LogP) is 0.710. The molecule has 1 atom stereocenters. The Labute approximate surface area is 75.1 Å². The molecule has 1 heterocycles. The lowest BCUT2D eigenvalue weighted by molar-refractivity contribution is -0.109. The van der Waals surface area contributed by atoms with Gasteiger partial charge in [0.15, 0.2) is 0 Å². The first kappa shape index (κ1) is 11.4. The van der Waals surface area contributed by atoms with E-state index in [0.717, 1.165) is 19.5 Å². The molecule has 0 aromatic carbocycles. The van der Waals surface area contributed by atoms with Gasteiger partial charge in [0.05, 0.1) is 0 Å². The van der Waals surface area contributed by atoms with Gasteiger partial charge in [-0.15, -0.1) is 0 Å². The minimum absolute atomic E-state index is 0.676. The summed E-state index contributed by atoms with van der Waals surface area (Å²) in [4.78, 5) is 12.2. The predicted molar refractivity (Wildman–Crippen MR) is 51.0 cm³/mol. The van der Waals surface area contributed by atoms with E-state index < -0.39 is 0 Å². The summed E-state index contributed by atoms with van der Waals surface area (Å²) >= 11 is 0. The van der Waals surface area contributed by atoms with Gasteiger partial charge in [-0.25, -0.2) is 0 Å². The van der Waals surface area contributed by atoms with Crippen LogP contribution in [0.3, 0.4) is 0 Å². The summed E-state index contributed by atoms with van der Waals surface area (Å²) in [7, 11) is 2.11. The third kappa shape index (κ3) is 4.34. The van der Waals surface area contributed by atoms with Gasteiger partial charge in [-0.3, -0.25) is 4.79 Å². The van der Waals surface area contributed by atoms with Crippen molar-refractivity contribution < 1.29 is 4.79 Å². The van der Waals surface area contributed by atoms with E-state index in [-0.39, 0.29) is 0 Å². The standard InChI is InChI=1S/C7H14N2O.C2H6/c1-9-3-2-7(5-9)4-8-6-10;1-2/h6-7H,2-5H2,1H3,(H,8,10);1-2H3. The smallest absolute Gasteiger partial charge is 0.207 e. The van der Waals surface area contributed by atoms with Crippen LogP contribution in [-0.4, -0.2) is 38.0 Å². The SMILES string of the molecule is CC.CN1CCC(CNC=O)C1. The highest BCUT2D eigenvalue weighted by molar-refractivity contribution is 5.45. The summed E-state index contributed by atoms with van der Waals surface area (Å²) < 4.78 is 0. The Hall–Kier alpha value is -0.570. The van der Waals surface area contributed by atoms with E-state index in [4.69, 9.17) is 0 Å². The second kappa shape index (κ2) is 7.10. The number of nitrogens with zero attached hydrogens (tertiary/aromatic N) is 1. The zero-order valence-electron chi connectivity index (χ0n) is 8.34. The number of nitrogens with one attached hydrogen (secondary N) is 1. The van der Waals surface area contributed by atoms with Crippen molar-refractivity contribution >= 4 is 6.41 Å². The summed E-state index contributed by atoms with van der Waals surface area (Å²) in [5.74, 6) is 0.676. The molecule has 1 N–H and O–H groups in total. The van der Waals surface area contributed by atoms with Gasteiger partial charge in [0.25, 0.3) is 0 Å². The number of carbonyl (C=O) groups is 1. The molecule has 1 aliphatic heterocycles. The number of rotatable bonds is 3. The summed E-state index contributed by atoms with van der Waals surface area (Å²) in [6.07, 6.45) is 2.00. The number of amides is 1. The highest BCUT2D eigenvalue weighted by Gasteiger charge is 2.18. The Morgan fingerprint density at radius 1 is 1.58 bits per heavy atom. The van der Waals surface area contributed by atoms with Crippen LogP contribution in [0.2, 0.25) is 0 Å². The molecule has 12 heavy (non-hydrogen) atoms. The average Bonchev–Trinajstić information content (AvgIpc) is 2.51. The van der Waals surface area contributed by atoms with Crippen LogP contribution in [0.4, 0.5) is 0 Å². The molecule has 1 saturated heterocycles. The van der Waals surface area contributed by atoms with E-state index >= 15 is 0 Å². The van der Waals surface area contributed by atoms with Crippen molar-refractivity contribution in [2.24, 2.45) is 5.92 Å². The number of hydrogen-bond acceptors (Lipinski definition) is 2. The fraction of sp³-hybridized carbons (Fsp3) is 0.889. The van der Waals surface area contributed by atoms with Crippen LogP contribution < -0.4 is 5.32 Å². The Bertz CT molecular complexity index is 117. The van der Waals surface area contributed by atoms with Crippen molar-refractivity contribution in [1.82, 2.24) is 10.2 Å². The third-order valence-electron chi connectivity index (χ3n) is 1.98. The van der Waals surface area contributed by atoms with Crippen LogP contribution >= 0.6 is 0 Å². The Balaban J connectivity index is 0.000000561. The minimum Gasteiger partial charge on any atom is -0.358 e. The van der Waals surface area contributed by atoms with Gasteiger partial charge in [-0.05, 0) is 25.9 Å². The van der Waals surface area contributed by atoms with Crippen LogP contribution in [0.5, 0.6) is 0 Å². The van der Waals surface area contributed by atoms with Gasteiger partial charge in [-0.2, -0.15) is 0 Å². The molecular formula is C9H20N2O. The topological polar surface area (TPSA) is 32.3 Å². The summed E-state index contributed by atoms with van der Waals surface area (Å²) in [6, 6.07) is 0. The molecule has 72 valence electrons. The number of carbonyl (C=O) groups excluding carboxylic acids is 1. The Morgan fingerprint density at radius 3 is 2.67 bits per heavy atom. The van der Waals surface area contributed by atoms with Gasteiger partial charge in [0.2, 0.25) is 6.41 Å². The van der Waals surface area contributed by atoms with Gasteiger partial charge in [-0.1, -0.05) is 13.8 Å². The molecule has 0 aliphatic carbocycles. The third-order valence-corrected chi connectivity index (χ3v) is 1.98. The molecule has 3 heteroatoms.